The van der Waals surface area contributed by atoms with Crippen LogP contribution in [0.25, 0.3) is 0 Å². The maximum Gasteiger partial charge on any atom is 0.258 e. The van der Waals surface area contributed by atoms with Crippen LogP contribution in [0.5, 0.6) is 0 Å². The molecule has 0 saturated heterocycles. The van der Waals surface area contributed by atoms with Crippen molar-refractivity contribution in [3.05, 3.63) is 23.7 Å². The fraction of sp³-hybridized carbons (Fsp3) is 0.643. The molecular weight excluding hydrogens is 226 g/mol. The highest BCUT2D eigenvalue weighted by atomic mass is 16.2. The van der Waals surface area contributed by atoms with Gasteiger partial charge in [0.25, 0.3) is 5.91 Å². The van der Waals surface area contributed by atoms with Gasteiger partial charge in [-0.25, -0.2) is 0 Å². The molecule has 0 aromatic carbocycles. The Kier molecular flexibility index (Phi) is 2.81. The van der Waals surface area contributed by atoms with Crippen LogP contribution in [0.4, 0.5) is 0 Å². The molecule has 2 aliphatic rings. The van der Waals surface area contributed by atoms with Gasteiger partial charge in [-0.05, 0) is 27.7 Å². The van der Waals surface area contributed by atoms with Crippen LogP contribution in [0, 0.1) is 0 Å². The number of likely N-dealkylation sites (N-methyl/N-ethyl adjacent to an activating group) is 2. The Morgan fingerprint density at radius 3 is 2.28 bits per heavy atom. The zero-order chi connectivity index (χ0) is 13.8. The first-order valence-corrected chi connectivity index (χ1v) is 6.36. The molecule has 0 spiro atoms. The predicted molar refractivity (Wildman–Crippen MR) is 72.6 cm³/mol. The van der Waals surface area contributed by atoms with E-state index in [1.165, 1.54) is 0 Å². The zero-order valence-electron chi connectivity index (χ0n) is 12.2. The molecule has 1 unspecified atom stereocenters. The summed E-state index contributed by atoms with van der Waals surface area (Å²) < 4.78 is 0. The van der Waals surface area contributed by atoms with Crippen molar-refractivity contribution in [1.82, 2.24) is 14.7 Å². The molecular formula is C14H23N3O. The van der Waals surface area contributed by atoms with Crippen molar-refractivity contribution in [2.75, 3.05) is 20.6 Å². The molecule has 2 aliphatic heterocycles. The van der Waals surface area contributed by atoms with E-state index in [2.05, 4.69) is 39.2 Å². The van der Waals surface area contributed by atoms with E-state index in [-0.39, 0.29) is 17.5 Å². The summed E-state index contributed by atoms with van der Waals surface area (Å²) in [6.45, 7) is 13.4. The second-order valence-corrected chi connectivity index (χ2v) is 6.18. The van der Waals surface area contributed by atoms with Crippen LogP contribution >= 0.6 is 0 Å². The molecule has 0 bridgehead atoms. The summed E-state index contributed by atoms with van der Waals surface area (Å²) in [6.07, 6.45) is 0. The Bertz CT molecular complexity index is 444. The van der Waals surface area contributed by atoms with E-state index < -0.39 is 0 Å². The summed E-state index contributed by atoms with van der Waals surface area (Å²) in [5.41, 5.74) is 2.07. The summed E-state index contributed by atoms with van der Waals surface area (Å²) in [6, 6.07) is 0.249. The third-order valence-electron chi connectivity index (χ3n) is 4.06. The Hall–Kier alpha value is -1.29. The van der Waals surface area contributed by atoms with E-state index in [4.69, 9.17) is 0 Å². The molecule has 18 heavy (non-hydrogen) atoms. The lowest BCUT2D eigenvalue weighted by molar-refractivity contribution is -0.126. The summed E-state index contributed by atoms with van der Waals surface area (Å²) in [4.78, 5) is 18.4. The summed E-state index contributed by atoms with van der Waals surface area (Å²) in [5, 5.41) is 0. The molecule has 4 nitrogen and oxygen atoms in total. The summed E-state index contributed by atoms with van der Waals surface area (Å²) in [7, 11) is 3.78. The van der Waals surface area contributed by atoms with E-state index in [0.717, 1.165) is 23.6 Å². The van der Waals surface area contributed by atoms with Crippen molar-refractivity contribution >= 4 is 5.91 Å². The lowest BCUT2D eigenvalue weighted by atomic mass is 10.0. The van der Waals surface area contributed by atoms with Gasteiger partial charge < -0.3 is 4.90 Å². The molecule has 0 aliphatic carbocycles. The van der Waals surface area contributed by atoms with Crippen LogP contribution in [0.1, 0.15) is 27.7 Å². The number of amides is 1. The van der Waals surface area contributed by atoms with Gasteiger partial charge in [0.05, 0.1) is 5.57 Å². The smallest absolute Gasteiger partial charge is 0.258 e. The Morgan fingerprint density at radius 1 is 1.22 bits per heavy atom. The molecule has 0 saturated carbocycles. The largest absolute Gasteiger partial charge is 0.333 e. The molecule has 2 heterocycles. The monoisotopic (exact) mass is 249 g/mol. The van der Waals surface area contributed by atoms with Crippen molar-refractivity contribution in [2.45, 2.75) is 39.3 Å². The second-order valence-electron chi connectivity index (χ2n) is 6.18. The molecule has 0 fully saturated rings. The van der Waals surface area contributed by atoms with Gasteiger partial charge in [-0.2, -0.15) is 0 Å². The molecule has 0 aromatic heterocycles. The van der Waals surface area contributed by atoms with Gasteiger partial charge in [0.2, 0.25) is 0 Å². The first kappa shape index (κ1) is 13.1. The number of nitrogens with zero attached hydrogens (tertiary/aromatic N) is 3. The standard InChI is InChI=1S/C14H23N3O/c1-9-12-11(8-17(9)14(3,4)5)13(18)16(7)10(2)15(12)6/h9H,2,8H2,1,3-7H3. The van der Waals surface area contributed by atoms with E-state index in [9.17, 15) is 4.79 Å². The lowest BCUT2D eigenvalue weighted by Crippen LogP contribution is -2.46. The van der Waals surface area contributed by atoms with E-state index in [1.54, 1.807) is 11.9 Å². The maximum atomic E-state index is 12.3. The summed E-state index contributed by atoms with van der Waals surface area (Å²) >= 11 is 0. The number of rotatable bonds is 0. The fourth-order valence-corrected chi connectivity index (χ4v) is 2.95. The molecule has 0 radical (unpaired) electrons. The minimum Gasteiger partial charge on any atom is -0.333 e. The topological polar surface area (TPSA) is 26.8 Å². The van der Waals surface area contributed by atoms with Crippen molar-refractivity contribution in [1.29, 1.82) is 0 Å². The Morgan fingerprint density at radius 2 is 1.78 bits per heavy atom. The van der Waals surface area contributed by atoms with Gasteiger partial charge in [0.15, 0.2) is 0 Å². The number of hydrogen-bond acceptors (Lipinski definition) is 3. The average Bonchev–Trinajstić information content (AvgIpc) is 2.61. The Labute approximate surface area is 110 Å². The van der Waals surface area contributed by atoms with E-state index in [0.29, 0.717) is 0 Å². The maximum absolute atomic E-state index is 12.3. The van der Waals surface area contributed by atoms with Gasteiger partial charge in [-0.15, -0.1) is 0 Å². The molecule has 1 amide bonds. The molecule has 2 rings (SSSR count). The minimum atomic E-state index is 0.0534. The van der Waals surface area contributed by atoms with Crippen LogP contribution in [0.3, 0.4) is 0 Å². The number of hydrogen-bond donors (Lipinski definition) is 0. The molecule has 1 atom stereocenters. The van der Waals surface area contributed by atoms with E-state index in [1.807, 2.05) is 11.9 Å². The zero-order valence-corrected chi connectivity index (χ0v) is 12.2. The third kappa shape index (κ3) is 1.67. The van der Waals surface area contributed by atoms with Gasteiger partial charge in [-0.1, -0.05) is 6.58 Å². The lowest BCUT2D eigenvalue weighted by Gasteiger charge is -2.39. The van der Waals surface area contributed by atoms with Crippen molar-refractivity contribution in [2.24, 2.45) is 0 Å². The third-order valence-corrected chi connectivity index (χ3v) is 4.06. The molecule has 4 heteroatoms. The Balaban J connectivity index is 2.43. The predicted octanol–water partition coefficient (Wildman–Crippen LogP) is 1.62. The minimum absolute atomic E-state index is 0.0534. The normalized spacial score (nSPS) is 26.2. The van der Waals surface area contributed by atoms with Crippen LogP contribution in [-0.2, 0) is 4.79 Å². The molecule has 100 valence electrons. The van der Waals surface area contributed by atoms with Gasteiger partial charge in [-0.3, -0.25) is 14.6 Å². The van der Waals surface area contributed by atoms with Gasteiger partial charge >= 0.3 is 0 Å². The highest BCUT2D eigenvalue weighted by Gasteiger charge is 2.44. The van der Waals surface area contributed by atoms with Crippen LogP contribution in [0.15, 0.2) is 23.7 Å². The van der Waals surface area contributed by atoms with Crippen LogP contribution in [-0.4, -0.2) is 52.8 Å². The fourth-order valence-electron chi connectivity index (χ4n) is 2.95. The van der Waals surface area contributed by atoms with E-state index >= 15 is 0 Å². The van der Waals surface area contributed by atoms with Crippen molar-refractivity contribution < 1.29 is 4.79 Å². The highest BCUT2D eigenvalue weighted by Crippen LogP contribution is 2.37. The van der Waals surface area contributed by atoms with Crippen LogP contribution in [0.2, 0.25) is 0 Å². The average molecular weight is 249 g/mol. The second kappa shape index (κ2) is 3.85. The SMILES string of the molecule is C=C1N(C)C(=O)C2=C(C(C)N(C(C)(C)C)C2)N1C. The molecule has 0 N–H and O–H groups in total. The number of carbonyl (C=O) groups is 1. The van der Waals surface area contributed by atoms with Gasteiger partial charge in [0, 0.05) is 37.9 Å². The number of carbonyl (C=O) groups excluding carboxylic acids is 1. The van der Waals surface area contributed by atoms with Crippen LogP contribution < -0.4 is 0 Å². The quantitative estimate of drug-likeness (QED) is 0.652. The van der Waals surface area contributed by atoms with Crippen molar-refractivity contribution in [3.63, 3.8) is 0 Å². The van der Waals surface area contributed by atoms with Gasteiger partial charge in [0.1, 0.15) is 5.82 Å². The highest BCUT2D eigenvalue weighted by molar-refractivity contribution is 5.97. The first-order chi connectivity index (χ1) is 8.16. The summed E-state index contributed by atoms with van der Waals surface area (Å²) in [5.74, 6) is 0.841. The van der Waals surface area contributed by atoms with Crippen molar-refractivity contribution in [3.8, 4) is 0 Å². The molecule has 0 aromatic rings. The first-order valence-electron chi connectivity index (χ1n) is 6.36.